The maximum Gasteiger partial charge on any atom is 0.259 e. The Labute approximate surface area is 163 Å². The molecule has 0 amide bonds. The zero-order valence-corrected chi connectivity index (χ0v) is 16.1. The molecule has 5 rings (SSSR count). The first-order chi connectivity index (χ1) is 13.3. The zero-order chi connectivity index (χ0) is 18.2. The normalized spacial score (nSPS) is 13.8. The summed E-state index contributed by atoms with van der Waals surface area (Å²) in [7, 11) is 0. The minimum atomic E-state index is -0.0143. The van der Waals surface area contributed by atoms with Crippen molar-refractivity contribution in [2.45, 2.75) is 36.6 Å². The van der Waals surface area contributed by atoms with Crippen LogP contribution in [0.4, 0.5) is 0 Å². The molecule has 8 heteroatoms. The van der Waals surface area contributed by atoms with Gasteiger partial charge in [-0.15, -0.1) is 21.5 Å². The van der Waals surface area contributed by atoms with Gasteiger partial charge in [0.05, 0.1) is 11.1 Å². The van der Waals surface area contributed by atoms with E-state index in [9.17, 15) is 4.79 Å². The summed E-state index contributed by atoms with van der Waals surface area (Å²) < 4.78 is 1.94. The number of thioether (sulfide) groups is 1. The Kier molecular flexibility index (Phi) is 4.29. The maximum absolute atomic E-state index is 12.7. The summed E-state index contributed by atoms with van der Waals surface area (Å²) in [6, 6.07) is 9.96. The summed E-state index contributed by atoms with van der Waals surface area (Å²) >= 11 is 3.19. The van der Waals surface area contributed by atoms with Crippen LogP contribution in [0.5, 0.6) is 0 Å². The molecule has 0 bridgehead atoms. The lowest BCUT2D eigenvalue weighted by molar-refractivity contribution is 0.700. The minimum absolute atomic E-state index is 0.0143. The van der Waals surface area contributed by atoms with E-state index in [1.807, 2.05) is 34.9 Å². The molecule has 0 unspecified atom stereocenters. The van der Waals surface area contributed by atoms with Gasteiger partial charge in [-0.05, 0) is 43.4 Å². The molecule has 27 heavy (non-hydrogen) atoms. The van der Waals surface area contributed by atoms with E-state index in [0.717, 1.165) is 40.3 Å². The van der Waals surface area contributed by atoms with Crippen LogP contribution in [0, 0.1) is 0 Å². The highest BCUT2D eigenvalue weighted by molar-refractivity contribution is 7.98. The number of aromatic amines is 1. The number of thiophene rings is 1. The second-order valence-electron chi connectivity index (χ2n) is 6.51. The van der Waals surface area contributed by atoms with Gasteiger partial charge in [0.25, 0.3) is 5.56 Å². The van der Waals surface area contributed by atoms with Crippen LogP contribution < -0.4 is 5.56 Å². The average Bonchev–Trinajstić information content (AvgIpc) is 3.31. The van der Waals surface area contributed by atoms with Crippen molar-refractivity contribution in [2.75, 3.05) is 0 Å². The lowest BCUT2D eigenvalue weighted by Gasteiger charge is -2.09. The summed E-state index contributed by atoms with van der Waals surface area (Å²) in [6.07, 6.45) is 6.12. The van der Waals surface area contributed by atoms with Crippen molar-refractivity contribution in [3.8, 4) is 5.69 Å². The quantitative estimate of drug-likeness (QED) is 0.533. The molecule has 6 nitrogen and oxygen atoms in total. The number of hydrogen-bond donors (Lipinski definition) is 1. The highest BCUT2D eigenvalue weighted by Gasteiger charge is 2.20. The molecule has 1 aromatic carbocycles. The molecule has 0 atom stereocenters. The van der Waals surface area contributed by atoms with E-state index in [4.69, 9.17) is 4.98 Å². The van der Waals surface area contributed by atoms with Gasteiger partial charge in [-0.25, -0.2) is 4.98 Å². The van der Waals surface area contributed by atoms with Crippen molar-refractivity contribution >= 4 is 33.3 Å². The Morgan fingerprint density at radius 1 is 1.19 bits per heavy atom. The third-order valence-electron chi connectivity index (χ3n) is 4.76. The van der Waals surface area contributed by atoms with Gasteiger partial charge in [0.15, 0.2) is 5.16 Å². The molecule has 136 valence electrons. The smallest absolute Gasteiger partial charge is 0.259 e. The third kappa shape index (κ3) is 3.08. The summed E-state index contributed by atoms with van der Waals surface area (Å²) in [5.41, 5.74) is 2.21. The number of H-pyrrole nitrogens is 1. The van der Waals surface area contributed by atoms with Gasteiger partial charge in [-0.2, -0.15) is 0 Å². The number of aromatic nitrogens is 5. The molecule has 3 aromatic heterocycles. The predicted molar refractivity (Wildman–Crippen MR) is 108 cm³/mol. The van der Waals surface area contributed by atoms with Gasteiger partial charge < -0.3 is 4.98 Å². The highest BCUT2D eigenvalue weighted by Crippen LogP contribution is 2.33. The number of nitrogens with one attached hydrogen (secondary N) is 1. The Morgan fingerprint density at radius 3 is 2.93 bits per heavy atom. The lowest BCUT2D eigenvalue weighted by Crippen LogP contribution is -2.12. The average molecular weight is 396 g/mol. The number of para-hydroxylation sites is 1. The van der Waals surface area contributed by atoms with Crippen LogP contribution in [0.25, 0.3) is 15.9 Å². The molecule has 0 spiro atoms. The largest absolute Gasteiger partial charge is 0.309 e. The summed E-state index contributed by atoms with van der Waals surface area (Å²) in [5, 5.41) is 9.80. The van der Waals surface area contributed by atoms with E-state index in [2.05, 4.69) is 15.2 Å². The van der Waals surface area contributed by atoms with E-state index in [-0.39, 0.29) is 5.56 Å². The Hall–Kier alpha value is -2.45. The molecular weight excluding hydrogens is 378 g/mol. The first-order valence-electron chi connectivity index (χ1n) is 8.91. The van der Waals surface area contributed by atoms with Crippen molar-refractivity contribution < 1.29 is 0 Å². The van der Waals surface area contributed by atoms with E-state index in [0.29, 0.717) is 11.6 Å². The number of aryl methyl sites for hydroxylation is 2. The summed E-state index contributed by atoms with van der Waals surface area (Å²) in [4.78, 5) is 22.6. The number of nitrogens with zero attached hydrogens (tertiary/aromatic N) is 4. The Bertz CT molecular complexity index is 1160. The fourth-order valence-corrected chi connectivity index (χ4v) is 5.58. The molecule has 1 aliphatic rings. The number of benzene rings is 1. The molecule has 1 aliphatic carbocycles. The standard InChI is InChI=1S/C19H17N5OS2/c25-17-16-13-8-4-5-9-14(13)27-18(16)22-15(21-17)10-26-19-23-20-11-24(19)12-6-2-1-3-7-12/h1-3,6-7,11H,4-5,8-10H2,(H,21,22,25). The van der Waals surface area contributed by atoms with Crippen molar-refractivity contribution in [2.24, 2.45) is 0 Å². The van der Waals surface area contributed by atoms with E-state index < -0.39 is 0 Å². The molecule has 0 saturated heterocycles. The van der Waals surface area contributed by atoms with Crippen LogP contribution in [-0.4, -0.2) is 24.7 Å². The van der Waals surface area contributed by atoms with Crippen molar-refractivity contribution in [3.63, 3.8) is 0 Å². The number of fused-ring (bicyclic) bond motifs is 3. The van der Waals surface area contributed by atoms with Crippen LogP contribution in [0.1, 0.15) is 29.1 Å². The summed E-state index contributed by atoms with van der Waals surface area (Å²) in [5.74, 6) is 1.22. The van der Waals surface area contributed by atoms with Crippen molar-refractivity contribution in [1.82, 2.24) is 24.7 Å². The second kappa shape index (κ2) is 6.94. The van der Waals surface area contributed by atoms with Gasteiger partial charge in [0.2, 0.25) is 0 Å². The Balaban J connectivity index is 1.43. The molecule has 0 saturated carbocycles. The Morgan fingerprint density at radius 2 is 2.04 bits per heavy atom. The van der Waals surface area contributed by atoms with Gasteiger partial charge in [0.1, 0.15) is 17.0 Å². The first-order valence-corrected chi connectivity index (χ1v) is 10.7. The molecule has 1 N–H and O–H groups in total. The lowest BCUT2D eigenvalue weighted by atomic mass is 9.97. The SMILES string of the molecule is O=c1[nH]c(CSc2nncn2-c2ccccc2)nc2sc3c(c12)CCCC3. The van der Waals surface area contributed by atoms with Crippen LogP contribution in [0.15, 0.2) is 46.6 Å². The number of hydrogen-bond acceptors (Lipinski definition) is 6. The topological polar surface area (TPSA) is 76.5 Å². The van der Waals surface area contributed by atoms with Gasteiger partial charge in [0, 0.05) is 10.6 Å². The number of rotatable bonds is 4. The fourth-order valence-electron chi connectivity index (χ4n) is 3.50. The highest BCUT2D eigenvalue weighted by atomic mass is 32.2. The fraction of sp³-hybridized carbons (Fsp3) is 0.263. The molecule has 0 aliphatic heterocycles. The van der Waals surface area contributed by atoms with Crippen LogP contribution in [-0.2, 0) is 18.6 Å². The van der Waals surface area contributed by atoms with Gasteiger partial charge in [-0.3, -0.25) is 9.36 Å². The molecule has 0 radical (unpaired) electrons. The van der Waals surface area contributed by atoms with Crippen LogP contribution >= 0.6 is 23.1 Å². The molecule has 4 aromatic rings. The monoisotopic (exact) mass is 395 g/mol. The first kappa shape index (κ1) is 16.7. The second-order valence-corrected chi connectivity index (χ2v) is 8.54. The molecular formula is C19H17N5OS2. The van der Waals surface area contributed by atoms with E-state index in [1.165, 1.54) is 28.6 Å². The van der Waals surface area contributed by atoms with Crippen LogP contribution in [0.3, 0.4) is 0 Å². The summed E-state index contributed by atoms with van der Waals surface area (Å²) in [6.45, 7) is 0. The van der Waals surface area contributed by atoms with Gasteiger partial charge >= 0.3 is 0 Å². The molecule has 0 fully saturated rings. The van der Waals surface area contributed by atoms with Crippen molar-refractivity contribution in [3.05, 3.63) is 63.3 Å². The van der Waals surface area contributed by atoms with E-state index >= 15 is 0 Å². The zero-order valence-electron chi connectivity index (χ0n) is 14.5. The maximum atomic E-state index is 12.7. The van der Waals surface area contributed by atoms with Crippen LogP contribution in [0.2, 0.25) is 0 Å². The predicted octanol–water partition coefficient (Wildman–Crippen LogP) is 3.74. The third-order valence-corrected chi connectivity index (χ3v) is 6.90. The van der Waals surface area contributed by atoms with E-state index in [1.54, 1.807) is 17.7 Å². The van der Waals surface area contributed by atoms with Crippen molar-refractivity contribution in [1.29, 1.82) is 0 Å². The molecule has 3 heterocycles. The minimum Gasteiger partial charge on any atom is -0.309 e. The van der Waals surface area contributed by atoms with Gasteiger partial charge in [-0.1, -0.05) is 30.0 Å².